The molecule has 0 saturated carbocycles. The lowest BCUT2D eigenvalue weighted by atomic mass is 10.1. The lowest BCUT2D eigenvalue weighted by Gasteiger charge is -2.10. The van der Waals surface area contributed by atoms with Crippen LogP contribution < -0.4 is 4.74 Å². The van der Waals surface area contributed by atoms with Crippen molar-refractivity contribution in [3.05, 3.63) is 68.5 Å². The Morgan fingerprint density at radius 1 is 1.32 bits per heavy atom. The summed E-state index contributed by atoms with van der Waals surface area (Å²) in [4.78, 5) is 25.5. The quantitative estimate of drug-likeness (QED) is 0.468. The third-order valence-electron chi connectivity index (χ3n) is 4.01. The minimum absolute atomic E-state index is 0.0766. The summed E-state index contributed by atoms with van der Waals surface area (Å²) in [5.74, 6) is -0.424. The Balaban J connectivity index is 1.72. The van der Waals surface area contributed by atoms with E-state index in [0.29, 0.717) is 21.5 Å². The van der Waals surface area contributed by atoms with Crippen LogP contribution in [0.25, 0.3) is 6.08 Å². The molecule has 1 aliphatic heterocycles. The van der Waals surface area contributed by atoms with Crippen LogP contribution in [0.5, 0.6) is 5.75 Å². The first-order valence-corrected chi connectivity index (χ1v) is 10.4. The number of carbonyl (C=O) groups excluding carboxylic acids is 1. The molecule has 144 valence electrons. The number of carboxylic acids is 1. The Labute approximate surface area is 180 Å². The highest BCUT2D eigenvalue weighted by molar-refractivity contribution is 9.10. The molecular weight excluding hydrogens is 462 g/mol. The van der Waals surface area contributed by atoms with Gasteiger partial charge in [0.05, 0.1) is 14.9 Å². The molecule has 1 amide bonds. The van der Waals surface area contributed by atoms with E-state index in [9.17, 15) is 9.59 Å². The zero-order valence-electron chi connectivity index (χ0n) is 14.8. The number of hydrogen-bond acceptors (Lipinski definition) is 5. The number of aromatic carboxylic acids is 1. The number of carbonyl (C=O) groups is 2. The van der Waals surface area contributed by atoms with Crippen molar-refractivity contribution >= 4 is 62.2 Å². The van der Waals surface area contributed by atoms with Gasteiger partial charge in [0.15, 0.2) is 0 Å². The van der Waals surface area contributed by atoms with E-state index in [4.69, 9.17) is 22.1 Å². The first-order chi connectivity index (χ1) is 13.4. The highest BCUT2D eigenvalue weighted by Crippen LogP contribution is 2.34. The third-order valence-corrected chi connectivity index (χ3v) is 6.01. The Morgan fingerprint density at radius 2 is 2.11 bits per heavy atom. The van der Waals surface area contributed by atoms with Crippen LogP contribution in [-0.2, 0) is 11.4 Å². The molecule has 1 aliphatic rings. The SMILES string of the molecule is CCN1C(=O)/C(=C/c2ccc(OCc3cccc(C(=O)O)c3)c(Br)c2)SC1=S. The van der Waals surface area contributed by atoms with E-state index in [1.807, 2.05) is 25.1 Å². The number of hydrogen-bond donors (Lipinski definition) is 1. The normalized spacial score (nSPS) is 15.4. The number of amides is 1. The summed E-state index contributed by atoms with van der Waals surface area (Å²) < 4.78 is 7.10. The molecule has 8 heteroatoms. The number of halogens is 1. The highest BCUT2D eigenvalue weighted by atomic mass is 79.9. The second kappa shape index (κ2) is 8.89. The maximum Gasteiger partial charge on any atom is 0.335 e. The first-order valence-electron chi connectivity index (χ1n) is 8.39. The molecule has 0 spiro atoms. The minimum Gasteiger partial charge on any atom is -0.488 e. The fraction of sp³-hybridized carbons (Fsp3) is 0.150. The molecule has 3 rings (SSSR count). The fourth-order valence-electron chi connectivity index (χ4n) is 2.60. The smallest absolute Gasteiger partial charge is 0.335 e. The van der Waals surface area contributed by atoms with Gasteiger partial charge in [0.25, 0.3) is 5.91 Å². The number of ether oxygens (including phenoxy) is 1. The van der Waals surface area contributed by atoms with Gasteiger partial charge in [-0.3, -0.25) is 9.69 Å². The summed E-state index contributed by atoms with van der Waals surface area (Å²) in [6.45, 7) is 2.69. The van der Waals surface area contributed by atoms with Crippen molar-refractivity contribution in [3.63, 3.8) is 0 Å². The molecular formula is C20H16BrNO4S2. The molecule has 1 N–H and O–H groups in total. The van der Waals surface area contributed by atoms with E-state index >= 15 is 0 Å². The maximum atomic E-state index is 12.3. The van der Waals surface area contributed by atoms with Gasteiger partial charge in [0, 0.05) is 6.54 Å². The summed E-state index contributed by atoms with van der Waals surface area (Å²) >= 11 is 10.0. The molecule has 1 saturated heterocycles. The van der Waals surface area contributed by atoms with Crippen molar-refractivity contribution in [2.45, 2.75) is 13.5 Å². The zero-order chi connectivity index (χ0) is 20.3. The van der Waals surface area contributed by atoms with Gasteiger partial charge in [-0.2, -0.15) is 0 Å². The van der Waals surface area contributed by atoms with E-state index in [-0.39, 0.29) is 18.1 Å². The molecule has 0 atom stereocenters. The number of nitrogens with zero attached hydrogens (tertiary/aromatic N) is 1. The van der Waals surface area contributed by atoms with Crippen LogP contribution in [0.15, 0.2) is 51.8 Å². The Morgan fingerprint density at radius 3 is 2.75 bits per heavy atom. The molecule has 0 aliphatic carbocycles. The van der Waals surface area contributed by atoms with E-state index in [2.05, 4.69) is 15.9 Å². The molecule has 2 aromatic carbocycles. The van der Waals surface area contributed by atoms with Crippen molar-refractivity contribution in [2.24, 2.45) is 0 Å². The fourth-order valence-corrected chi connectivity index (χ4v) is 4.50. The van der Waals surface area contributed by atoms with Crippen LogP contribution in [0.4, 0.5) is 0 Å². The van der Waals surface area contributed by atoms with Gasteiger partial charge in [-0.25, -0.2) is 4.79 Å². The summed E-state index contributed by atoms with van der Waals surface area (Å²) in [6, 6.07) is 12.1. The number of rotatable bonds is 6. The number of likely N-dealkylation sites (N-methyl/N-ethyl adjacent to an activating group) is 1. The molecule has 0 aromatic heterocycles. The van der Waals surface area contributed by atoms with Gasteiger partial charge >= 0.3 is 5.97 Å². The minimum atomic E-state index is -0.971. The van der Waals surface area contributed by atoms with Gasteiger partial charge < -0.3 is 9.84 Å². The average Bonchev–Trinajstić information content (AvgIpc) is 2.94. The largest absolute Gasteiger partial charge is 0.488 e. The van der Waals surface area contributed by atoms with E-state index < -0.39 is 5.97 Å². The molecule has 1 fully saturated rings. The van der Waals surface area contributed by atoms with Gasteiger partial charge in [0.2, 0.25) is 0 Å². The standard InChI is InChI=1S/C20H16BrNO4S2/c1-2-22-18(23)17(28-20(22)27)10-12-6-7-16(15(21)9-12)26-11-13-4-3-5-14(8-13)19(24)25/h3-10H,2,11H2,1H3,(H,24,25)/b17-10-. The zero-order valence-corrected chi connectivity index (χ0v) is 18.1. The monoisotopic (exact) mass is 477 g/mol. The number of thioether (sulfide) groups is 1. The van der Waals surface area contributed by atoms with E-state index in [1.54, 1.807) is 29.2 Å². The van der Waals surface area contributed by atoms with Gasteiger partial charge in [-0.05, 0) is 64.3 Å². The Kier molecular flexibility index (Phi) is 6.53. The van der Waals surface area contributed by atoms with E-state index in [1.165, 1.54) is 17.8 Å². The van der Waals surface area contributed by atoms with Gasteiger partial charge in [-0.1, -0.05) is 42.2 Å². The molecule has 2 aromatic rings. The summed E-state index contributed by atoms with van der Waals surface area (Å²) in [5, 5.41) is 9.06. The van der Waals surface area contributed by atoms with Crippen molar-refractivity contribution in [1.29, 1.82) is 0 Å². The van der Waals surface area contributed by atoms with Crippen molar-refractivity contribution in [3.8, 4) is 5.75 Å². The van der Waals surface area contributed by atoms with Crippen LogP contribution in [-0.4, -0.2) is 32.7 Å². The second-order valence-electron chi connectivity index (χ2n) is 5.91. The van der Waals surface area contributed by atoms with Crippen LogP contribution >= 0.6 is 39.9 Å². The van der Waals surface area contributed by atoms with Crippen molar-refractivity contribution in [1.82, 2.24) is 4.90 Å². The first kappa shape index (κ1) is 20.6. The van der Waals surface area contributed by atoms with Crippen LogP contribution in [0.3, 0.4) is 0 Å². The molecule has 0 radical (unpaired) electrons. The summed E-state index contributed by atoms with van der Waals surface area (Å²) in [7, 11) is 0. The maximum absolute atomic E-state index is 12.3. The van der Waals surface area contributed by atoms with Gasteiger partial charge in [-0.15, -0.1) is 0 Å². The molecule has 0 unspecified atom stereocenters. The third kappa shape index (κ3) is 4.63. The van der Waals surface area contributed by atoms with Crippen LogP contribution in [0.2, 0.25) is 0 Å². The lowest BCUT2D eigenvalue weighted by molar-refractivity contribution is -0.121. The lowest BCUT2D eigenvalue weighted by Crippen LogP contribution is -2.27. The number of carboxylic acid groups (broad SMARTS) is 1. The topological polar surface area (TPSA) is 66.8 Å². The number of benzene rings is 2. The van der Waals surface area contributed by atoms with Crippen LogP contribution in [0.1, 0.15) is 28.4 Å². The van der Waals surface area contributed by atoms with Crippen molar-refractivity contribution < 1.29 is 19.4 Å². The van der Waals surface area contributed by atoms with E-state index in [0.717, 1.165) is 15.6 Å². The predicted octanol–water partition coefficient (Wildman–Crippen LogP) is 4.95. The summed E-state index contributed by atoms with van der Waals surface area (Å²) in [6.07, 6.45) is 1.81. The Hall–Kier alpha value is -2.16. The summed E-state index contributed by atoms with van der Waals surface area (Å²) in [5.41, 5.74) is 1.84. The van der Waals surface area contributed by atoms with Crippen LogP contribution in [0, 0.1) is 0 Å². The molecule has 28 heavy (non-hydrogen) atoms. The molecule has 5 nitrogen and oxygen atoms in total. The second-order valence-corrected chi connectivity index (χ2v) is 8.44. The van der Waals surface area contributed by atoms with Crippen molar-refractivity contribution in [2.75, 3.05) is 6.54 Å². The Bertz CT molecular complexity index is 990. The average molecular weight is 478 g/mol. The molecule has 0 bridgehead atoms. The highest BCUT2D eigenvalue weighted by Gasteiger charge is 2.30. The predicted molar refractivity (Wildman–Crippen MR) is 117 cm³/mol. The molecule has 1 heterocycles. The van der Waals surface area contributed by atoms with Gasteiger partial charge in [0.1, 0.15) is 16.7 Å². The number of thiocarbonyl (C=S) groups is 1.